The number of rotatable bonds is 3. The average molecular weight is 173 g/mol. The molecular formula is C5H8BNO3S. The summed E-state index contributed by atoms with van der Waals surface area (Å²) in [5.74, 6) is -1.16. The SMILES string of the molecule is [B]C(=O)NC(CS)C(=O)OC. The lowest BCUT2D eigenvalue weighted by atomic mass is 10.1. The third-order valence-corrected chi connectivity index (χ3v) is 1.35. The highest BCUT2D eigenvalue weighted by Gasteiger charge is 2.16. The Bertz CT molecular complexity index is 164. The Morgan fingerprint density at radius 2 is 2.27 bits per heavy atom. The number of esters is 1. The Labute approximate surface area is 71.5 Å². The van der Waals surface area contributed by atoms with Gasteiger partial charge >= 0.3 is 5.97 Å². The Hall–Kier alpha value is -0.645. The van der Waals surface area contributed by atoms with Crippen molar-refractivity contribution >= 4 is 32.3 Å². The van der Waals surface area contributed by atoms with Gasteiger partial charge in [-0.1, -0.05) is 0 Å². The van der Waals surface area contributed by atoms with Gasteiger partial charge in [-0.3, -0.25) is 4.79 Å². The normalized spacial score (nSPS) is 11.8. The summed E-state index contributed by atoms with van der Waals surface area (Å²) in [5, 5.41) is 2.17. The monoisotopic (exact) mass is 173 g/mol. The fourth-order valence-corrected chi connectivity index (χ4v) is 0.733. The van der Waals surface area contributed by atoms with E-state index in [1.807, 2.05) is 0 Å². The lowest BCUT2D eigenvalue weighted by Crippen LogP contribution is -2.42. The fraction of sp³-hybridized carbons (Fsp3) is 0.600. The highest BCUT2D eigenvalue weighted by molar-refractivity contribution is 7.80. The van der Waals surface area contributed by atoms with E-state index >= 15 is 0 Å². The van der Waals surface area contributed by atoms with Crippen molar-refractivity contribution in [3.05, 3.63) is 0 Å². The predicted octanol–water partition coefficient (Wildman–Crippen LogP) is -0.664. The highest BCUT2D eigenvalue weighted by atomic mass is 32.1. The minimum absolute atomic E-state index is 0.162. The molecule has 0 rings (SSSR count). The van der Waals surface area contributed by atoms with Crippen molar-refractivity contribution in [2.24, 2.45) is 0 Å². The molecule has 11 heavy (non-hydrogen) atoms. The maximum atomic E-state index is 10.7. The second-order valence-corrected chi connectivity index (χ2v) is 2.13. The van der Waals surface area contributed by atoms with Crippen LogP contribution in [0.25, 0.3) is 0 Å². The van der Waals surface area contributed by atoms with E-state index in [2.05, 4.69) is 22.7 Å². The van der Waals surface area contributed by atoms with Crippen molar-refractivity contribution in [1.29, 1.82) is 0 Å². The van der Waals surface area contributed by atoms with Crippen molar-refractivity contribution in [3.63, 3.8) is 0 Å². The molecule has 0 saturated carbocycles. The first-order valence-electron chi connectivity index (χ1n) is 2.86. The molecule has 1 unspecified atom stereocenters. The molecule has 1 amide bonds. The average Bonchev–Trinajstić information content (AvgIpc) is 1.98. The van der Waals surface area contributed by atoms with E-state index in [4.69, 9.17) is 7.85 Å². The van der Waals surface area contributed by atoms with E-state index < -0.39 is 17.8 Å². The van der Waals surface area contributed by atoms with Gasteiger partial charge in [0.15, 0.2) is 5.81 Å². The quantitative estimate of drug-likeness (QED) is 0.338. The van der Waals surface area contributed by atoms with E-state index in [0.29, 0.717) is 0 Å². The summed E-state index contributed by atoms with van der Waals surface area (Å²) >= 11 is 3.81. The Kier molecular flexibility index (Phi) is 4.77. The Balaban J connectivity index is 3.94. The van der Waals surface area contributed by atoms with Crippen LogP contribution in [-0.2, 0) is 9.53 Å². The zero-order valence-electron chi connectivity index (χ0n) is 6.03. The summed E-state index contributed by atoms with van der Waals surface area (Å²) in [6.45, 7) is 0. The number of hydrogen-bond donors (Lipinski definition) is 2. The van der Waals surface area contributed by atoms with Crippen LogP contribution in [0.3, 0.4) is 0 Å². The maximum absolute atomic E-state index is 10.7. The van der Waals surface area contributed by atoms with E-state index in [-0.39, 0.29) is 5.75 Å². The summed E-state index contributed by atoms with van der Waals surface area (Å²) < 4.78 is 4.35. The van der Waals surface area contributed by atoms with Crippen molar-refractivity contribution in [1.82, 2.24) is 5.32 Å². The zero-order valence-corrected chi connectivity index (χ0v) is 6.93. The molecular weight excluding hydrogens is 165 g/mol. The zero-order chi connectivity index (χ0) is 8.85. The van der Waals surface area contributed by atoms with Gasteiger partial charge in [-0.15, -0.1) is 0 Å². The molecule has 0 spiro atoms. The Morgan fingerprint density at radius 1 is 1.73 bits per heavy atom. The van der Waals surface area contributed by atoms with Crippen LogP contribution in [0.4, 0.5) is 4.79 Å². The van der Waals surface area contributed by atoms with Crippen molar-refractivity contribution in [3.8, 4) is 0 Å². The molecule has 0 saturated heterocycles. The van der Waals surface area contributed by atoms with Gasteiger partial charge in [0.1, 0.15) is 6.04 Å². The summed E-state index contributed by atoms with van der Waals surface area (Å²) in [6, 6.07) is -0.763. The van der Waals surface area contributed by atoms with Crippen molar-refractivity contribution in [2.75, 3.05) is 12.9 Å². The number of hydrogen-bond acceptors (Lipinski definition) is 4. The molecule has 1 atom stereocenters. The number of thiol groups is 1. The number of ether oxygens (including phenoxy) is 1. The number of carbonyl (C=O) groups excluding carboxylic acids is 2. The van der Waals surface area contributed by atoms with Gasteiger partial charge in [0, 0.05) is 5.75 Å². The molecule has 0 aromatic carbocycles. The second kappa shape index (κ2) is 5.06. The van der Waals surface area contributed by atoms with Gasteiger partial charge in [-0.2, -0.15) is 12.6 Å². The molecule has 0 aromatic heterocycles. The minimum Gasteiger partial charge on any atom is -0.467 e. The first-order valence-corrected chi connectivity index (χ1v) is 3.49. The van der Waals surface area contributed by atoms with Crippen LogP contribution in [0.2, 0.25) is 0 Å². The van der Waals surface area contributed by atoms with Crippen LogP contribution in [0.1, 0.15) is 0 Å². The van der Waals surface area contributed by atoms with Crippen LogP contribution in [0, 0.1) is 0 Å². The molecule has 0 heterocycles. The van der Waals surface area contributed by atoms with Gasteiger partial charge in [0.2, 0.25) is 7.85 Å². The van der Waals surface area contributed by atoms with Crippen LogP contribution in [-0.4, -0.2) is 38.5 Å². The van der Waals surface area contributed by atoms with Crippen LogP contribution in [0.15, 0.2) is 0 Å². The molecule has 0 bridgehead atoms. The van der Waals surface area contributed by atoms with Gasteiger partial charge < -0.3 is 10.1 Å². The topological polar surface area (TPSA) is 55.4 Å². The summed E-state index contributed by atoms with van der Waals surface area (Å²) in [6.07, 6.45) is 0. The lowest BCUT2D eigenvalue weighted by Gasteiger charge is -2.12. The molecule has 4 nitrogen and oxygen atoms in total. The smallest absolute Gasteiger partial charge is 0.329 e. The summed E-state index contributed by atoms with van der Waals surface area (Å²) in [5.41, 5.74) is 0. The molecule has 0 aromatic rings. The van der Waals surface area contributed by atoms with Gasteiger partial charge in [-0.05, 0) is 0 Å². The third kappa shape index (κ3) is 3.92. The molecule has 1 N–H and O–H groups in total. The molecule has 60 valence electrons. The number of amides is 1. The second-order valence-electron chi connectivity index (χ2n) is 1.77. The lowest BCUT2D eigenvalue weighted by molar-refractivity contribution is -0.142. The minimum atomic E-state index is -0.769. The van der Waals surface area contributed by atoms with Gasteiger partial charge in [0.25, 0.3) is 0 Å². The third-order valence-electron chi connectivity index (χ3n) is 0.985. The largest absolute Gasteiger partial charge is 0.467 e. The molecule has 0 aliphatic rings. The van der Waals surface area contributed by atoms with E-state index in [1.165, 1.54) is 7.11 Å². The van der Waals surface area contributed by atoms with Crippen LogP contribution in [0.5, 0.6) is 0 Å². The number of methoxy groups -OCH3 is 1. The molecule has 0 aliphatic carbocycles. The molecule has 6 heteroatoms. The molecule has 0 aliphatic heterocycles. The van der Waals surface area contributed by atoms with Gasteiger partial charge in [-0.25, -0.2) is 4.79 Å². The highest BCUT2D eigenvalue weighted by Crippen LogP contribution is 1.90. The van der Waals surface area contributed by atoms with E-state index in [0.717, 1.165) is 0 Å². The van der Waals surface area contributed by atoms with Crippen LogP contribution >= 0.6 is 12.6 Å². The predicted molar refractivity (Wildman–Crippen MR) is 43.9 cm³/mol. The first kappa shape index (κ1) is 10.4. The van der Waals surface area contributed by atoms with Crippen molar-refractivity contribution in [2.45, 2.75) is 6.04 Å². The number of nitrogens with one attached hydrogen (secondary N) is 1. The first-order chi connectivity index (χ1) is 5.11. The van der Waals surface area contributed by atoms with Crippen molar-refractivity contribution < 1.29 is 14.3 Å². The number of carbonyl (C=O) groups is 2. The molecule has 0 fully saturated rings. The summed E-state index contributed by atoms with van der Waals surface area (Å²) in [4.78, 5) is 21.0. The van der Waals surface area contributed by atoms with E-state index in [1.54, 1.807) is 0 Å². The Morgan fingerprint density at radius 3 is 2.55 bits per heavy atom. The summed E-state index contributed by atoms with van der Waals surface area (Å²) in [7, 11) is 5.99. The van der Waals surface area contributed by atoms with Gasteiger partial charge in [0.05, 0.1) is 7.11 Å². The maximum Gasteiger partial charge on any atom is 0.329 e. The van der Waals surface area contributed by atoms with E-state index in [9.17, 15) is 9.59 Å². The standard InChI is InChI=1S/C5H8BNO3S/c1-10-4(8)3(2-11)7-5(6)9/h3,11H,2H2,1H3,(H,7,9). The van der Waals surface area contributed by atoms with Crippen LogP contribution < -0.4 is 5.32 Å². The molecule has 2 radical (unpaired) electrons. The fourth-order valence-electron chi connectivity index (χ4n) is 0.493.